The highest BCUT2D eigenvalue weighted by Gasteiger charge is 2.12. The minimum atomic E-state index is -1.10. The zero-order valence-corrected chi connectivity index (χ0v) is 11.5. The van der Waals surface area contributed by atoms with Gasteiger partial charge < -0.3 is 31.2 Å². The van der Waals surface area contributed by atoms with Gasteiger partial charge in [0.2, 0.25) is 0 Å². The van der Waals surface area contributed by atoms with Crippen LogP contribution in [0.25, 0.3) is 0 Å². The van der Waals surface area contributed by atoms with Gasteiger partial charge in [0, 0.05) is 19.1 Å². The number of nitrogens with zero attached hydrogens (tertiary/aromatic N) is 1. The molecule has 21 heavy (non-hydrogen) atoms. The van der Waals surface area contributed by atoms with Crippen LogP contribution in [0.1, 0.15) is 16.8 Å². The van der Waals surface area contributed by atoms with Crippen molar-refractivity contribution in [3.8, 4) is 5.75 Å². The van der Waals surface area contributed by atoms with Crippen molar-refractivity contribution in [2.75, 3.05) is 26.4 Å². The SMILES string of the molecule is NC(N)=Nc1ccc(C(=O)O)c(OCCCOCCO)c1. The molecule has 0 spiro atoms. The highest BCUT2D eigenvalue weighted by atomic mass is 16.5. The van der Waals surface area contributed by atoms with Crippen LogP contribution in [0, 0.1) is 0 Å². The molecule has 0 bridgehead atoms. The topological polar surface area (TPSA) is 140 Å². The Bertz CT molecular complexity index is 501. The van der Waals surface area contributed by atoms with Crippen molar-refractivity contribution in [3.63, 3.8) is 0 Å². The van der Waals surface area contributed by atoms with Crippen LogP contribution in [-0.4, -0.2) is 48.6 Å². The third-order valence-electron chi connectivity index (χ3n) is 2.38. The van der Waals surface area contributed by atoms with E-state index < -0.39 is 5.97 Å². The van der Waals surface area contributed by atoms with Gasteiger partial charge in [0.1, 0.15) is 11.3 Å². The molecule has 8 nitrogen and oxygen atoms in total. The average Bonchev–Trinajstić information content (AvgIpc) is 2.42. The zero-order chi connectivity index (χ0) is 15.7. The van der Waals surface area contributed by atoms with Crippen LogP contribution in [0.15, 0.2) is 23.2 Å². The fourth-order valence-electron chi connectivity index (χ4n) is 1.54. The van der Waals surface area contributed by atoms with Gasteiger partial charge in [-0.25, -0.2) is 9.79 Å². The maximum atomic E-state index is 11.1. The first-order valence-corrected chi connectivity index (χ1v) is 6.33. The van der Waals surface area contributed by atoms with Crippen molar-refractivity contribution in [1.29, 1.82) is 0 Å². The number of carboxylic acid groups (broad SMARTS) is 1. The number of aromatic carboxylic acids is 1. The van der Waals surface area contributed by atoms with Gasteiger partial charge in [0.15, 0.2) is 5.96 Å². The van der Waals surface area contributed by atoms with Gasteiger partial charge in [-0.1, -0.05) is 0 Å². The Balaban J connectivity index is 2.68. The first-order valence-electron chi connectivity index (χ1n) is 6.33. The van der Waals surface area contributed by atoms with E-state index in [0.717, 1.165) is 0 Å². The number of carbonyl (C=O) groups is 1. The number of guanidine groups is 1. The second-order valence-corrected chi connectivity index (χ2v) is 4.06. The number of aliphatic hydroxyl groups excluding tert-OH is 1. The van der Waals surface area contributed by atoms with E-state index in [0.29, 0.717) is 18.7 Å². The number of ether oxygens (including phenoxy) is 2. The van der Waals surface area contributed by atoms with E-state index in [1.54, 1.807) is 0 Å². The first kappa shape index (κ1) is 16.7. The number of rotatable bonds is 9. The van der Waals surface area contributed by atoms with Crippen LogP contribution >= 0.6 is 0 Å². The summed E-state index contributed by atoms with van der Waals surface area (Å²) in [4.78, 5) is 14.9. The van der Waals surface area contributed by atoms with Crippen LogP contribution in [0.5, 0.6) is 5.75 Å². The lowest BCUT2D eigenvalue weighted by Gasteiger charge is -2.10. The number of aliphatic hydroxyl groups is 1. The summed E-state index contributed by atoms with van der Waals surface area (Å²) >= 11 is 0. The van der Waals surface area contributed by atoms with Gasteiger partial charge >= 0.3 is 5.97 Å². The van der Waals surface area contributed by atoms with Gasteiger partial charge in [-0.15, -0.1) is 0 Å². The monoisotopic (exact) mass is 297 g/mol. The quantitative estimate of drug-likeness (QED) is 0.287. The number of nitrogens with two attached hydrogens (primary N) is 2. The minimum Gasteiger partial charge on any atom is -0.493 e. The average molecular weight is 297 g/mol. The summed E-state index contributed by atoms with van der Waals surface area (Å²) in [5.74, 6) is -1.04. The lowest BCUT2D eigenvalue weighted by atomic mass is 10.2. The second kappa shape index (κ2) is 8.77. The molecule has 6 N–H and O–H groups in total. The molecule has 1 aromatic carbocycles. The second-order valence-electron chi connectivity index (χ2n) is 4.06. The molecule has 1 aromatic rings. The Hall–Kier alpha value is -2.32. The highest BCUT2D eigenvalue weighted by Crippen LogP contribution is 2.25. The molecule has 0 aliphatic rings. The van der Waals surface area contributed by atoms with Crippen LogP contribution < -0.4 is 16.2 Å². The van der Waals surface area contributed by atoms with E-state index >= 15 is 0 Å². The van der Waals surface area contributed by atoms with Gasteiger partial charge in [0.05, 0.1) is 25.5 Å². The molecule has 0 aromatic heterocycles. The predicted molar refractivity (Wildman–Crippen MR) is 76.9 cm³/mol. The number of benzene rings is 1. The standard InChI is InChI=1S/C13H19N3O5/c14-13(15)16-9-2-3-10(12(18)19)11(8-9)21-6-1-5-20-7-4-17/h2-3,8,17H,1,4-7H2,(H,18,19)(H4,14,15,16). The van der Waals surface area contributed by atoms with E-state index in [9.17, 15) is 4.79 Å². The lowest BCUT2D eigenvalue weighted by Crippen LogP contribution is -2.21. The molecule has 8 heteroatoms. The van der Waals surface area contributed by atoms with Crippen LogP contribution in [0.3, 0.4) is 0 Å². The third-order valence-corrected chi connectivity index (χ3v) is 2.38. The van der Waals surface area contributed by atoms with E-state index in [1.165, 1.54) is 18.2 Å². The van der Waals surface area contributed by atoms with Gasteiger partial charge in [-0.3, -0.25) is 0 Å². The molecular weight excluding hydrogens is 278 g/mol. The Kier molecular flexibility index (Phi) is 6.99. The zero-order valence-electron chi connectivity index (χ0n) is 11.5. The van der Waals surface area contributed by atoms with Gasteiger partial charge in [0.25, 0.3) is 0 Å². The fraction of sp³-hybridized carbons (Fsp3) is 0.385. The highest BCUT2D eigenvalue weighted by molar-refractivity contribution is 5.91. The van der Waals surface area contributed by atoms with Gasteiger partial charge in [-0.2, -0.15) is 0 Å². The molecule has 0 heterocycles. The van der Waals surface area contributed by atoms with Crippen molar-refractivity contribution in [3.05, 3.63) is 23.8 Å². The van der Waals surface area contributed by atoms with Crippen molar-refractivity contribution >= 4 is 17.6 Å². The molecule has 0 unspecified atom stereocenters. The predicted octanol–water partition coefficient (Wildman–Crippen LogP) is 0.0675. The summed E-state index contributed by atoms with van der Waals surface area (Å²) < 4.78 is 10.5. The molecule has 0 amide bonds. The summed E-state index contributed by atoms with van der Waals surface area (Å²) in [5, 5.41) is 17.6. The fourth-order valence-corrected chi connectivity index (χ4v) is 1.54. The maximum absolute atomic E-state index is 11.1. The molecule has 0 aliphatic carbocycles. The van der Waals surface area contributed by atoms with E-state index in [4.69, 9.17) is 31.2 Å². The van der Waals surface area contributed by atoms with Crippen LogP contribution in [-0.2, 0) is 4.74 Å². The first-order chi connectivity index (χ1) is 10.0. The molecule has 1 rings (SSSR count). The lowest BCUT2D eigenvalue weighted by molar-refractivity contribution is 0.0689. The van der Waals surface area contributed by atoms with E-state index in [2.05, 4.69) is 4.99 Å². The molecular formula is C13H19N3O5. The van der Waals surface area contributed by atoms with E-state index in [-0.39, 0.29) is 37.1 Å². The number of hydrogen-bond donors (Lipinski definition) is 4. The normalized spacial score (nSPS) is 10.1. The van der Waals surface area contributed by atoms with E-state index in [1.807, 2.05) is 0 Å². The third kappa shape index (κ3) is 6.11. The Morgan fingerprint density at radius 1 is 1.24 bits per heavy atom. The Morgan fingerprint density at radius 2 is 2.00 bits per heavy atom. The molecule has 0 saturated carbocycles. The summed E-state index contributed by atoms with van der Waals surface area (Å²) in [5.41, 5.74) is 11.0. The Labute approximate surface area is 122 Å². The maximum Gasteiger partial charge on any atom is 0.339 e. The summed E-state index contributed by atoms with van der Waals surface area (Å²) in [6.07, 6.45) is 0.561. The Morgan fingerprint density at radius 3 is 2.62 bits per heavy atom. The van der Waals surface area contributed by atoms with Crippen molar-refractivity contribution in [1.82, 2.24) is 0 Å². The number of carboxylic acids is 1. The van der Waals surface area contributed by atoms with Gasteiger partial charge in [-0.05, 0) is 12.1 Å². The number of aliphatic imine (C=N–C) groups is 1. The molecule has 0 saturated heterocycles. The van der Waals surface area contributed by atoms with Crippen LogP contribution in [0.2, 0.25) is 0 Å². The minimum absolute atomic E-state index is 0.0285. The molecule has 0 aliphatic heterocycles. The molecule has 116 valence electrons. The smallest absolute Gasteiger partial charge is 0.339 e. The number of hydrogen-bond acceptors (Lipinski definition) is 5. The largest absolute Gasteiger partial charge is 0.493 e. The van der Waals surface area contributed by atoms with Crippen LogP contribution in [0.4, 0.5) is 5.69 Å². The van der Waals surface area contributed by atoms with Crippen molar-refractivity contribution in [2.24, 2.45) is 16.5 Å². The summed E-state index contributed by atoms with van der Waals surface area (Å²) in [7, 11) is 0. The molecule has 0 radical (unpaired) electrons. The van der Waals surface area contributed by atoms with Crippen molar-refractivity contribution < 1.29 is 24.5 Å². The summed E-state index contributed by atoms with van der Waals surface area (Å²) in [6.45, 7) is 0.915. The molecule has 0 fully saturated rings. The van der Waals surface area contributed by atoms with Crippen molar-refractivity contribution in [2.45, 2.75) is 6.42 Å². The molecule has 0 atom stereocenters. The summed E-state index contributed by atoms with van der Waals surface area (Å²) in [6, 6.07) is 4.32.